The number of halogens is 1. The zero-order valence-electron chi connectivity index (χ0n) is 19.7. The maximum atomic E-state index is 15.2. The minimum Gasteiger partial charge on any atom is -0.455 e. The smallest absolute Gasteiger partial charge is 0.216 e. The van der Waals surface area contributed by atoms with Gasteiger partial charge in [0.25, 0.3) is 0 Å². The van der Waals surface area contributed by atoms with Crippen molar-refractivity contribution in [1.82, 2.24) is 0 Å². The molecule has 0 N–H and O–H groups in total. The number of nitrogens with zero attached hydrogens (tertiary/aromatic N) is 1. The van der Waals surface area contributed by atoms with E-state index in [1.165, 1.54) is 5.56 Å². The monoisotopic (exact) mass is 450 g/mol. The van der Waals surface area contributed by atoms with Gasteiger partial charge in [-0.25, -0.2) is 8.96 Å². The molecule has 1 aliphatic carbocycles. The Hall–Kier alpha value is -3.46. The molecule has 6 rings (SSSR count). The minimum absolute atomic E-state index is 0.206. The van der Waals surface area contributed by atoms with Crippen molar-refractivity contribution < 1.29 is 13.4 Å². The highest BCUT2D eigenvalue weighted by Gasteiger charge is 2.28. The zero-order valence-corrected chi connectivity index (χ0v) is 19.7. The van der Waals surface area contributed by atoms with Crippen LogP contribution in [-0.2, 0) is 7.05 Å². The molecular formula is C31H29FNO+. The van der Waals surface area contributed by atoms with Gasteiger partial charge in [0.1, 0.15) is 24.0 Å². The standard InChI is InChI=1S/C31H29FNO/c1-20-11-16-25-29-26(32)18-17-24(23-14-12-22(13-15-23)21-8-4-3-5-9-21)30(29)34-31(25)28(20)27-10-6-7-19-33(27)2/h3-11,16-19,22-23H,12-15H2,1-2H3/q+1. The van der Waals surface area contributed by atoms with E-state index < -0.39 is 0 Å². The van der Waals surface area contributed by atoms with E-state index in [2.05, 4.69) is 54.0 Å². The second-order valence-electron chi connectivity index (χ2n) is 9.73. The van der Waals surface area contributed by atoms with Gasteiger partial charge in [0.2, 0.25) is 5.69 Å². The molecule has 1 saturated carbocycles. The summed E-state index contributed by atoms with van der Waals surface area (Å²) >= 11 is 0. The lowest BCUT2D eigenvalue weighted by atomic mass is 9.76. The molecule has 0 saturated heterocycles. The molecule has 0 atom stereocenters. The molecule has 0 radical (unpaired) electrons. The number of pyridine rings is 1. The van der Waals surface area contributed by atoms with Gasteiger partial charge in [-0.3, -0.25) is 0 Å². The van der Waals surface area contributed by atoms with Gasteiger partial charge in [-0.1, -0.05) is 48.5 Å². The van der Waals surface area contributed by atoms with Gasteiger partial charge < -0.3 is 4.42 Å². The Morgan fingerprint density at radius 3 is 2.29 bits per heavy atom. The van der Waals surface area contributed by atoms with Gasteiger partial charge in [0, 0.05) is 17.5 Å². The lowest BCUT2D eigenvalue weighted by Crippen LogP contribution is -2.30. The Bertz CT molecular complexity index is 1490. The molecule has 1 fully saturated rings. The third kappa shape index (κ3) is 3.42. The van der Waals surface area contributed by atoms with E-state index >= 15 is 4.39 Å². The van der Waals surface area contributed by atoms with Gasteiger partial charge in [-0.2, -0.15) is 0 Å². The zero-order chi connectivity index (χ0) is 23.2. The van der Waals surface area contributed by atoms with Crippen LogP contribution in [0.15, 0.2) is 83.4 Å². The van der Waals surface area contributed by atoms with Crippen LogP contribution >= 0.6 is 0 Å². The average molecular weight is 451 g/mol. The Kier molecular flexibility index (Phi) is 5.21. The maximum Gasteiger partial charge on any atom is 0.216 e. The largest absolute Gasteiger partial charge is 0.455 e. The van der Waals surface area contributed by atoms with Crippen LogP contribution < -0.4 is 4.57 Å². The molecule has 0 aliphatic heterocycles. The van der Waals surface area contributed by atoms with Crippen LogP contribution in [0.5, 0.6) is 0 Å². The highest BCUT2D eigenvalue weighted by molar-refractivity contribution is 6.10. The molecule has 0 unspecified atom stereocenters. The van der Waals surface area contributed by atoms with Crippen molar-refractivity contribution in [2.24, 2.45) is 7.05 Å². The fourth-order valence-electron chi connectivity index (χ4n) is 5.91. The van der Waals surface area contributed by atoms with Gasteiger partial charge >= 0.3 is 0 Å². The van der Waals surface area contributed by atoms with Crippen LogP contribution in [0.3, 0.4) is 0 Å². The summed E-state index contributed by atoms with van der Waals surface area (Å²) in [6.07, 6.45) is 6.52. The molecule has 0 spiro atoms. The lowest BCUT2D eigenvalue weighted by Gasteiger charge is -2.29. The molecule has 2 heterocycles. The van der Waals surface area contributed by atoms with Gasteiger partial charge in [-0.05, 0) is 73.3 Å². The predicted molar refractivity (Wildman–Crippen MR) is 135 cm³/mol. The minimum atomic E-state index is -0.206. The molecule has 170 valence electrons. The van der Waals surface area contributed by atoms with Gasteiger partial charge in [-0.15, -0.1) is 0 Å². The normalized spacial score (nSPS) is 18.6. The van der Waals surface area contributed by atoms with Crippen molar-refractivity contribution in [2.45, 2.75) is 44.4 Å². The molecule has 2 aromatic heterocycles. The number of aryl methyl sites for hydroxylation is 2. The summed E-state index contributed by atoms with van der Waals surface area (Å²) in [5.74, 6) is 0.792. The molecule has 3 aromatic carbocycles. The van der Waals surface area contributed by atoms with Gasteiger partial charge in [0.15, 0.2) is 6.20 Å². The second-order valence-corrected chi connectivity index (χ2v) is 9.73. The van der Waals surface area contributed by atoms with E-state index in [9.17, 15) is 0 Å². The molecule has 1 aliphatic rings. The summed E-state index contributed by atoms with van der Waals surface area (Å²) < 4.78 is 23.9. The number of rotatable bonds is 3. The Balaban J connectivity index is 1.46. The van der Waals surface area contributed by atoms with Gasteiger partial charge in [0.05, 0.1) is 10.9 Å². The van der Waals surface area contributed by atoms with Crippen LogP contribution in [0.2, 0.25) is 0 Å². The molecule has 34 heavy (non-hydrogen) atoms. The number of benzene rings is 3. The number of fused-ring (bicyclic) bond motifs is 3. The van der Waals surface area contributed by atoms with Crippen LogP contribution in [0.4, 0.5) is 4.39 Å². The molecular weight excluding hydrogens is 421 g/mol. The van der Waals surface area contributed by atoms with E-state index in [1.807, 2.05) is 37.5 Å². The first-order valence-electron chi connectivity index (χ1n) is 12.3. The Morgan fingerprint density at radius 1 is 0.794 bits per heavy atom. The summed E-state index contributed by atoms with van der Waals surface area (Å²) in [4.78, 5) is 0. The fourth-order valence-corrected chi connectivity index (χ4v) is 5.91. The summed E-state index contributed by atoms with van der Waals surface area (Å²) in [7, 11) is 2.04. The number of hydrogen-bond acceptors (Lipinski definition) is 1. The topological polar surface area (TPSA) is 17.0 Å². The molecule has 0 bridgehead atoms. The van der Waals surface area contributed by atoms with Crippen molar-refractivity contribution in [3.05, 3.63) is 102 Å². The summed E-state index contributed by atoms with van der Waals surface area (Å²) in [6.45, 7) is 2.09. The highest BCUT2D eigenvalue weighted by Crippen LogP contribution is 2.45. The molecule has 2 nitrogen and oxygen atoms in total. The summed E-state index contributed by atoms with van der Waals surface area (Å²) in [5, 5.41) is 1.48. The first-order chi connectivity index (χ1) is 16.6. The van der Waals surface area contributed by atoms with E-state index in [0.717, 1.165) is 64.6 Å². The average Bonchev–Trinajstić information content (AvgIpc) is 3.26. The van der Waals surface area contributed by atoms with Crippen LogP contribution in [0.1, 0.15) is 54.2 Å². The van der Waals surface area contributed by atoms with Crippen molar-refractivity contribution in [3.63, 3.8) is 0 Å². The van der Waals surface area contributed by atoms with Crippen LogP contribution in [0, 0.1) is 12.7 Å². The molecule has 3 heteroatoms. The van der Waals surface area contributed by atoms with Crippen molar-refractivity contribution in [3.8, 4) is 11.3 Å². The van der Waals surface area contributed by atoms with E-state index in [0.29, 0.717) is 17.2 Å². The molecule has 5 aromatic rings. The predicted octanol–water partition coefficient (Wildman–Crippen LogP) is 7.97. The first-order valence-corrected chi connectivity index (χ1v) is 12.3. The van der Waals surface area contributed by atoms with Crippen molar-refractivity contribution >= 4 is 21.9 Å². The first kappa shape index (κ1) is 21.1. The number of furan rings is 1. The van der Waals surface area contributed by atoms with Crippen LogP contribution in [0.25, 0.3) is 33.2 Å². The van der Waals surface area contributed by atoms with E-state index in [-0.39, 0.29) is 5.82 Å². The lowest BCUT2D eigenvalue weighted by molar-refractivity contribution is -0.660. The Morgan fingerprint density at radius 2 is 1.53 bits per heavy atom. The number of hydrogen-bond donors (Lipinski definition) is 0. The number of aromatic nitrogens is 1. The van der Waals surface area contributed by atoms with E-state index in [4.69, 9.17) is 4.42 Å². The SMILES string of the molecule is Cc1ccc2c(oc3c(C4CCC(c5ccccc5)CC4)ccc(F)c32)c1-c1cccc[n+]1C. The van der Waals surface area contributed by atoms with E-state index in [1.54, 1.807) is 6.07 Å². The highest BCUT2D eigenvalue weighted by atomic mass is 19.1. The third-order valence-corrected chi connectivity index (χ3v) is 7.73. The summed E-state index contributed by atoms with van der Waals surface area (Å²) in [5.41, 5.74) is 7.32. The van der Waals surface area contributed by atoms with Crippen molar-refractivity contribution in [2.75, 3.05) is 0 Å². The maximum absolute atomic E-state index is 15.2. The van der Waals surface area contributed by atoms with Crippen molar-refractivity contribution in [1.29, 1.82) is 0 Å². The van der Waals surface area contributed by atoms with Crippen LogP contribution in [-0.4, -0.2) is 0 Å². The second kappa shape index (κ2) is 8.39. The summed E-state index contributed by atoms with van der Waals surface area (Å²) in [6, 6.07) is 24.7. The third-order valence-electron chi connectivity index (χ3n) is 7.73. The molecule has 0 amide bonds. The Labute approximate surface area is 199 Å². The quantitative estimate of drug-likeness (QED) is 0.255. The fraction of sp³-hybridized carbons (Fsp3) is 0.258.